The van der Waals surface area contributed by atoms with Crippen molar-refractivity contribution >= 4 is 5.97 Å². The molecule has 2 rings (SSSR count). The summed E-state index contributed by atoms with van der Waals surface area (Å²) >= 11 is 0. The highest BCUT2D eigenvalue weighted by Crippen LogP contribution is 2.23. The maximum Gasteiger partial charge on any atom is 0.344 e. The third kappa shape index (κ3) is 4.52. The lowest BCUT2D eigenvalue weighted by atomic mass is 10.2. The van der Waals surface area contributed by atoms with E-state index in [4.69, 9.17) is 9.47 Å². The molecule has 19 heavy (non-hydrogen) atoms. The molecule has 1 aliphatic rings. The second kappa shape index (κ2) is 6.52. The van der Waals surface area contributed by atoms with Crippen LogP contribution in [0.4, 0.5) is 4.39 Å². The summed E-state index contributed by atoms with van der Waals surface area (Å²) in [5.41, 5.74) is 0.719. The molecule has 0 radical (unpaired) electrons. The number of nitrogens with one attached hydrogen (secondary N) is 1. The van der Waals surface area contributed by atoms with E-state index in [2.05, 4.69) is 5.32 Å². The van der Waals surface area contributed by atoms with Crippen LogP contribution in [-0.2, 0) is 16.1 Å². The Hall–Kier alpha value is -1.62. The second-order valence-electron chi connectivity index (χ2n) is 4.50. The van der Waals surface area contributed by atoms with Gasteiger partial charge < -0.3 is 14.8 Å². The van der Waals surface area contributed by atoms with Gasteiger partial charge in [-0.2, -0.15) is 0 Å². The van der Waals surface area contributed by atoms with Crippen LogP contribution in [0.2, 0.25) is 0 Å². The van der Waals surface area contributed by atoms with Crippen LogP contribution in [0.25, 0.3) is 0 Å². The molecular weight excluding hydrogens is 249 g/mol. The first-order valence-corrected chi connectivity index (χ1v) is 6.49. The summed E-state index contributed by atoms with van der Waals surface area (Å²) in [6.07, 6.45) is 2.32. The van der Waals surface area contributed by atoms with Gasteiger partial charge >= 0.3 is 5.97 Å². The fourth-order valence-electron chi connectivity index (χ4n) is 1.71. The zero-order chi connectivity index (χ0) is 13.7. The maximum absolute atomic E-state index is 13.2. The van der Waals surface area contributed by atoms with Gasteiger partial charge in [-0.05, 0) is 38.0 Å². The zero-order valence-electron chi connectivity index (χ0n) is 10.9. The van der Waals surface area contributed by atoms with Crippen molar-refractivity contribution in [2.45, 2.75) is 32.4 Å². The zero-order valence-corrected chi connectivity index (χ0v) is 10.9. The summed E-state index contributed by atoms with van der Waals surface area (Å²) in [5.74, 6) is -0.216. The van der Waals surface area contributed by atoms with Crippen LogP contribution in [0, 0.1) is 5.82 Å². The van der Waals surface area contributed by atoms with Gasteiger partial charge in [0.25, 0.3) is 0 Å². The minimum absolute atomic E-state index is 0.157. The molecule has 0 amide bonds. The summed E-state index contributed by atoms with van der Waals surface area (Å²) in [7, 11) is 0. The maximum atomic E-state index is 13.2. The number of hydrogen-bond acceptors (Lipinski definition) is 4. The molecular formula is C14H18FNO3. The van der Waals surface area contributed by atoms with E-state index in [9.17, 15) is 9.18 Å². The van der Waals surface area contributed by atoms with E-state index in [0.29, 0.717) is 24.9 Å². The third-order valence-electron chi connectivity index (χ3n) is 2.83. The number of rotatable bonds is 7. The third-order valence-corrected chi connectivity index (χ3v) is 2.83. The van der Waals surface area contributed by atoms with Crippen molar-refractivity contribution in [2.24, 2.45) is 0 Å². The van der Waals surface area contributed by atoms with Gasteiger partial charge in [0.15, 0.2) is 6.61 Å². The molecule has 0 spiro atoms. The number of esters is 1. The summed E-state index contributed by atoms with van der Waals surface area (Å²) in [6, 6.07) is 4.82. The molecule has 0 aliphatic heterocycles. The van der Waals surface area contributed by atoms with E-state index >= 15 is 0 Å². The van der Waals surface area contributed by atoms with Gasteiger partial charge in [0.2, 0.25) is 0 Å². The Balaban J connectivity index is 1.94. The van der Waals surface area contributed by atoms with Crippen molar-refractivity contribution in [1.29, 1.82) is 0 Å². The average molecular weight is 267 g/mol. The lowest BCUT2D eigenvalue weighted by molar-refractivity contribution is -0.145. The van der Waals surface area contributed by atoms with Gasteiger partial charge in [0.05, 0.1) is 6.61 Å². The molecule has 1 N–H and O–H groups in total. The molecule has 0 saturated heterocycles. The van der Waals surface area contributed by atoms with Crippen molar-refractivity contribution in [2.75, 3.05) is 13.2 Å². The van der Waals surface area contributed by atoms with Crippen molar-refractivity contribution in [1.82, 2.24) is 5.32 Å². The minimum atomic E-state index is -0.423. The van der Waals surface area contributed by atoms with E-state index in [0.717, 1.165) is 18.4 Å². The van der Waals surface area contributed by atoms with E-state index in [-0.39, 0.29) is 12.4 Å². The number of hydrogen-bond donors (Lipinski definition) is 1. The molecule has 1 aromatic rings. The highest BCUT2D eigenvalue weighted by Gasteiger charge is 2.20. The first-order chi connectivity index (χ1) is 9.19. The van der Waals surface area contributed by atoms with Crippen molar-refractivity contribution < 1.29 is 18.7 Å². The Labute approximate surface area is 111 Å². The van der Waals surface area contributed by atoms with E-state index < -0.39 is 5.97 Å². The molecule has 5 heteroatoms. The summed E-state index contributed by atoms with van der Waals surface area (Å²) < 4.78 is 23.4. The second-order valence-corrected chi connectivity index (χ2v) is 4.50. The number of ether oxygens (including phenoxy) is 2. The highest BCUT2D eigenvalue weighted by atomic mass is 19.1. The van der Waals surface area contributed by atoms with Crippen LogP contribution in [0.5, 0.6) is 5.75 Å². The van der Waals surface area contributed by atoms with Gasteiger partial charge in [-0.15, -0.1) is 0 Å². The Bertz CT molecular complexity index is 446. The predicted molar refractivity (Wildman–Crippen MR) is 68.4 cm³/mol. The highest BCUT2D eigenvalue weighted by molar-refractivity contribution is 5.71. The van der Waals surface area contributed by atoms with Crippen LogP contribution in [0.1, 0.15) is 25.3 Å². The summed E-state index contributed by atoms with van der Waals surface area (Å²) in [6.45, 7) is 2.44. The first-order valence-electron chi connectivity index (χ1n) is 6.49. The molecule has 1 fully saturated rings. The number of benzene rings is 1. The first kappa shape index (κ1) is 13.8. The summed E-state index contributed by atoms with van der Waals surface area (Å²) in [4.78, 5) is 11.2. The number of carbonyl (C=O) groups is 1. The van der Waals surface area contributed by atoms with Gasteiger partial charge in [-0.25, -0.2) is 9.18 Å². The number of halogens is 1. The molecule has 0 atom stereocenters. The Morgan fingerprint density at radius 2 is 2.26 bits per heavy atom. The van der Waals surface area contributed by atoms with Crippen molar-refractivity contribution in [3.8, 4) is 5.75 Å². The van der Waals surface area contributed by atoms with Crippen LogP contribution in [-0.4, -0.2) is 25.2 Å². The molecule has 104 valence electrons. The normalized spacial score (nSPS) is 14.2. The molecule has 1 aliphatic carbocycles. The van der Waals surface area contributed by atoms with Crippen LogP contribution < -0.4 is 10.1 Å². The monoisotopic (exact) mass is 267 g/mol. The van der Waals surface area contributed by atoms with Gasteiger partial charge in [-0.1, -0.05) is 0 Å². The van der Waals surface area contributed by atoms with Crippen LogP contribution >= 0.6 is 0 Å². The predicted octanol–water partition coefficient (Wildman–Crippen LogP) is 2.02. The Morgan fingerprint density at radius 3 is 2.95 bits per heavy atom. The topological polar surface area (TPSA) is 47.6 Å². The molecule has 0 bridgehead atoms. The van der Waals surface area contributed by atoms with Crippen LogP contribution in [0.3, 0.4) is 0 Å². The van der Waals surface area contributed by atoms with E-state index in [1.165, 1.54) is 12.1 Å². The molecule has 0 heterocycles. The fourth-order valence-corrected chi connectivity index (χ4v) is 1.71. The SMILES string of the molecule is CCOC(=O)COc1ccc(F)cc1CNC1CC1. The van der Waals surface area contributed by atoms with Gasteiger partial charge in [0.1, 0.15) is 11.6 Å². The lowest BCUT2D eigenvalue weighted by Crippen LogP contribution is -2.18. The molecule has 4 nitrogen and oxygen atoms in total. The largest absolute Gasteiger partial charge is 0.482 e. The minimum Gasteiger partial charge on any atom is -0.482 e. The van der Waals surface area contributed by atoms with Crippen LogP contribution in [0.15, 0.2) is 18.2 Å². The Kier molecular flexibility index (Phi) is 4.74. The average Bonchev–Trinajstić information content (AvgIpc) is 3.19. The molecule has 0 unspecified atom stereocenters. The van der Waals surface area contributed by atoms with E-state index in [1.54, 1.807) is 13.0 Å². The number of carbonyl (C=O) groups excluding carboxylic acids is 1. The van der Waals surface area contributed by atoms with Gasteiger partial charge in [-0.3, -0.25) is 0 Å². The lowest BCUT2D eigenvalue weighted by Gasteiger charge is -2.11. The van der Waals surface area contributed by atoms with Gasteiger partial charge in [0, 0.05) is 18.2 Å². The van der Waals surface area contributed by atoms with Crippen molar-refractivity contribution in [3.63, 3.8) is 0 Å². The molecule has 0 aromatic heterocycles. The smallest absolute Gasteiger partial charge is 0.344 e. The standard InChI is InChI=1S/C14H18FNO3/c1-2-18-14(17)9-19-13-6-3-11(15)7-10(13)8-16-12-4-5-12/h3,6-7,12,16H,2,4-5,8-9H2,1H3. The van der Waals surface area contributed by atoms with Crippen molar-refractivity contribution in [3.05, 3.63) is 29.6 Å². The Morgan fingerprint density at radius 1 is 1.47 bits per heavy atom. The molecule has 1 aromatic carbocycles. The summed E-state index contributed by atoms with van der Waals surface area (Å²) in [5, 5.41) is 3.29. The van der Waals surface area contributed by atoms with E-state index in [1.807, 2.05) is 0 Å². The quantitative estimate of drug-likeness (QED) is 0.768. The molecule has 1 saturated carbocycles. The fraction of sp³-hybridized carbons (Fsp3) is 0.500.